The number of rotatable bonds is 2. The minimum absolute atomic E-state index is 0.124. The van der Waals surface area contributed by atoms with Gasteiger partial charge >= 0.3 is 0 Å². The number of fused-ring (bicyclic) bond motifs is 1. The molecule has 0 bridgehead atoms. The topological polar surface area (TPSA) is 33.3 Å². The highest BCUT2D eigenvalue weighted by Gasteiger charge is 2.34. The number of ether oxygens (including phenoxy) is 1. The molecule has 0 radical (unpaired) electrons. The molecule has 2 aromatic rings. The molecule has 2 aromatic carbocycles. The Morgan fingerprint density at radius 1 is 1.21 bits per heavy atom. The van der Waals surface area contributed by atoms with Crippen LogP contribution in [0.2, 0.25) is 0 Å². The van der Waals surface area contributed by atoms with Gasteiger partial charge in [-0.25, -0.2) is 0 Å². The van der Waals surface area contributed by atoms with Crippen LogP contribution in [-0.2, 0) is 0 Å². The van der Waals surface area contributed by atoms with Gasteiger partial charge < -0.3 is 15.4 Å². The Kier molecular flexibility index (Phi) is 4.83. The third-order valence-electron chi connectivity index (χ3n) is 4.03. The van der Waals surface area contributed by atoms with E-state index in [1.165, 1.54) is 5.56 Å². The first-order valence-electron chi connectivity index (χ1n) is 7.95. The largest absolute Gasteiger partial charge is 0.487 e. The summed E-state index contributed by atoms with van der Waals surface area (Å²) in [4.78, 5) is 0. The van der Waals surface area contributed by atoms with Crippen molar-refractivity contribution in [1.82, 2.24) is 5.32 Å². The van der Waals surface area contributed by atoms with Gasteiger partial charge in [0.05, 0.1) is 6.04 Å². The van der Waals surface area contributed by atoms with E-state index >= 15 is 0 Å². The van der Waals surface area contributed by atoms with E-state index in [9.17, 15) is 0 Å². The third kappa shape index (κ3) is 4.08. The van der Waals surface area contributed by atoms with Crippen LogP contribution in [0.1, 0.15) is 37.4 Å². The molecule has 0 aromatic heterocycles. The average molecular weight is 405 g/mol. The molecule has 1 heterocycles. The van der Waals surface area contributed by atoms with E-state index in [-0.39, 0.29) is 11.6 Å². The summed E-state index contributed by atoms with van der Waals surface area (Å²) >= 11 is 8.95. The predicted molar refractivity (Wildman–Crippen MR) is 107 cm³/mol. The van der Waals surface area contributed by atoms with Crippen molar-refractivity contribution < 1.29 is 4.74 Å². The lowest BCUT2D eigenvalue weighted by Gasteiger charge is -2.38. The van der Waals surface area contributed by atoms with Gasteiger partial charge in [0.2, 0.25) is 0 Å². The lowest BCUT2D eigenvalue weighted by molar-refractivity contribution is 0.0696. The fourth-order valence-electron chi connectivity index (χ4n) is 2.96. The summed E-state index contributed by atoms with van der Waals surface area (Å²) in [7, 11) is 0. The van der Waals surface area contributed by atoms with Crippen LogP contribution in [-0.4, -0.2) is 10.7 Å². The van der Waals surface area contributed by atoms with Crippen LogP contribution in [0.4, 0.5) is 5.69 Å². The summed E-state index contributed by atoms with van der Waals surface area (Å²) in [6.45, 7) is 6.31. The lowest BCUT2D eigenvalue weighted by Crippen LogP contribution is -2.42. The van der Waals surface area contributed by atoms with E-state index in [4.69, 9.17) is 17.0 Å². The van der Waals surface area contributed by atoms with Gasteiger partial charge in [-0.2, -0.15) is 0 Å². The fraction of sp³-hybridized carbons (Fsp3) is 0.316. The van der Waals surface area contributed by atoms with Crippen molar-refractivity contribution in [3.63, 3.8) is 0 Å². The van der Waals surface area contributed by atoms with E-state index in [0.717, 1.165) is 27.9 Å². The molecule has 126 valence electrons. The highest BCUT2D eigenvalue weighted by atomic mass is 79.9. The van der Waals surface area contributed by atoms with E-state index in [2.05, 4.69) is 59.5 Å². The molecule has 0 saturated carbocycles. The molecular weight excluding hydrogens is 384 g/mol. The van der Waals surface area contributed by atoms with Gasteiger partial charge in [0, 0.05) is 22.1 Å². The second-order valence-corrected chi connectivity index (χ2v) is 8.09. The summed E-state index contributed by atoms with van der Waals surface area (Å²) in [6, 6.07) is 14.4. The Morgan fingerprint density at radius 2 is 1.92 bits per heavy atom. The Balaban J connectivity index is 1.77. The number of thiocarbonyl (C=S) groups is 1. The van der Waals surface area contributed by atoms with Crippen LogP contribution >= 0.6 is 28.1 Å². The molecule has 0 saturated heterocycles. The second kappa shape index (κ2) is 6.73. The lowest BCUT2D eigenvalue weighted by atomic mass is 9.89. The molecule has 0 aliphatic carbocycles. The van der Waals surface area contributed by atoms with E-state index in [1.807, 2.05) is 30.3 Å². The van der Waals surface area contributed by atoms with Crippen molar-refractivity contribution in [2.24, 2.45) is 0 Å². The van der Waals surface area contributed by atoms with Crippen LogP contribution in [0.3, 0.4) is 0 Å². The SMILES string of the molecule is Cc1ccc2c(c1)C(NC(=S)Nc1ccc(Br)cc1)CC(C)(C)O2. The van der Waals surface area contributed by atoms with Crippen molar-refractivity contribution in [2.75, 3.05) is 5.32 Å². The van der Waals surface area contributed by atoms with Crippen molar-refractivity contribution in [3.05, 3.63) is 58.1 Å². The normalized spacial score (nSPS) is 18.2. The third-order valence-corrected chi connectivity index (χ3v) is 4.78. The van der Waals surface area contributed by atoms with Crippen LogP contribution < -0.4 is 15.4 Å². The summed E-state index contributed by atoms with van der Waals surface area (Å²) < 4.78 is 7.15. The van der Waals surface area contributed by atoms with Gasteiger partial charge in [-0.3, -0.25) is 0 Å². The van der Waals surface area contributed by atoms with Gasteiger partial charge in [-0.05, 0) is 63.3 Å². The second-order valence-electron chi connectivity index (χ2n) is 6.77. The maximum atomic E-state index is 6.11. The first kappa shape index (κ1) is 17.2. The molecule has 1 atom stereocenters. The molecule has 3 nitrogen and oxygen atoms in total. The zero-order valence-corrected chi connectivity index (χ0v) is 16.4. The molecule has 0 fully saturated rings. The molecule has 0 spiro atoms. The molecular formula is C19H21BrN2OS. The molecule has 5 heteroatoms. The number of anilines is 1. The summed E-state index contributed by atoms with van der Waals surface area (Å²) in [5, 5.41) is 7.32. The standard InChI is InChI=1S/C19H21BrN2OS/c1-12-4-9-17-15(10-12)16(11-19(2,3)23-17)22-18(24)21-14-7-5-13(20)6-8-14/h4-10,16H,11H2,1-3H3,(H2,21,22,24). The molecule has 1 unspecified atom stereocenters. The van der Waals surface area contributed by atoms with Gasteiger partial charge in [0.1, 0.15) is 11.4 Å². The van der Waals surface area contributed by atoms with Gasteiger partial charge in [0.15, 0.2) is 5.11 Å². The first-order valence-corrected chi connectivity index (χ1v) is 9.15. The quantitative estimate of drug-likeness (QED) is 0.661. The van der Waals surface area contributed by atoms with Crippen molar-refractivity contribution in [1.29, 1.82) is 0 Å². The van der Waals surface area contributed by atoms with E-state index in [0.29, 0.717) is 5.11 Å². The Morgan fingerprint density at radius 3 is 2.62 bits per heavy atom. The van der Waals surface area contributed by atoms with Crippen LogP contribution in [0.25, 0.3) is 0 Å². The van der Waals surface area contributed by atoms with E-state index in [1.54, 1.807) is 0 Å². The maximum Gasteiger partial charge on any atom is 0.171 e. The number of aryl methyl sites for hydroxylation is 1. The summed E-state index contributed by atoms with van der Waals surface area (Å²) in [6.07, 6.45) is 0.853. The molecule has 1 aliphatic heterocycles. The summed E-state index contributed by atoms with van der Waals surface area (Å²) in [5.74, 6) is 0.931. The highest BCUT2D eigenvalue weighted by Crippen LogP contribution is 2.39. The average Bonchev–Trinajstić information content (AvgIpc) is 2.49. The van der Waals surface area contributed by atoms with Crippen molar-refractivity contribution >= 4 is 38.9 Å². The number of benzene rings is 2. The zero-order chi connectivity index (χ0) is 17.3. The van der Waals surface area contributed by atoms with Gasteiger partial charge in [0.25, 0.3) is 0 Å². The number of hydrogen-bond donors (Lipinski definition) is 2. The van der Waals surface area contributed by atoms with Crippen molar-refractivity contribution in [3.8, 4) is 5.75 Å². The number of hydrogen-bond acceptors (Lipinski definition) is 2. The highest BCUT2D eigenvalue weighted by molar-refractivity contribution is 9.10. The molecule has 24 heavy (non-hydrogen) atoms. The smallest absolute Gasteiger partial charge is 0.171 e. The predicted octanol–water partition coefficient (Wildman–Crippen LogP) is 5.35. The monoisotopic (exact) mass is 404 g/mol. The Labute approximate surface area is 156 Å². The Hall–Kier alpha value is -1.59. The van der Waals surface area contributed by atoms with Crippen LogP contribution in [0, 0.1) is 6.92 Å². The minimum Gasteiger partial charge on any atom is -0.487 e. The minimum atomic E-state index is -0.229. The first-order chi connectivity index (χ1) is 11.3. The maximum absolute atomic E-state index is 6.11. The van der Waals surface area contributed by atoms with Crippen LogP contribution in [0.5, 0.6) is 5.75 Å². The zero-order valence-electron chi connectivity index (χ0n) is 14.0. The van der Waals surface area contributed by atoms with Crippen molar-refractivity contribution in [2.45, 2.75) is 38.8 Å². The van der Waals surface area contributed by atoms with E-state index < -0.39 is 0 Å². The Bertz CT molecular complexity index is 758. The van der Waals surface area contributed by atoms with Gasteiger partial charge in [-0.15, -0.1) is 0 Å². The molecule has 2 N–H and O–H groups in total. The van der Waals surface area contributed by atoms with Crippen LogP contribution in [0.15, 0.2) is 46.9 Å². The molecule has 1 aliphatic rings. The fourth-order valence-corrected chi connectivity index (χ4v) is 3.49. The number of halogens is 1. The number of nitrogens with one attached hydrogen (secondary N) is 2. The molecule has 0 amide bonds. The molecule has 3 rings (SSSR count). The van der Waals surface area contributed by atoms with Gasteiger partial charge in [-0.1, -0.05) is 33.6 Å². The summed E-state index contributed by atoms with van der Waals surface area (Å²) in [5.41, 5.74) is 3.11.